The van der Waals surface area contributed by atoms with Gasteiger partial charge in [-0.2, -0.15) is 9.61 Å². The van der Waals surface area contributed by atoms with E-state index in [1.807, 2.05) is 64.6 Å². The van der Waals surface area contributed by atoms with Crippen molar-refractivity contribution >= 4 is 29.5 Å². The van der Waals surface area contributed by atoms with Gasteiger partial charge in [0.15, 0.2) is 5.65 Å². The van der Waals surface area contributed by atoms with Gasteiger partial charge in [-0.05, 0) is 92.2 Å². The maximum absolute atomic E-state index is 12.9. The van der Waals surface area contributed by atoms with Crippen molar-refractivity contribution in [1.29, 1.82) is 0 Å². The highest BCUT2D eigenvalue weighted by atomic mass is 16.6. The van der Waals surface area contributed by atoms with E-state index in [1.54, 1.807) is 21.8 Å². The number of aromatic nitrogens is 4. The molecule has 1 saturated carbocycles. The van der Waals surface area contributed by atoms with Gasteiger partial charge < -0.3 is 20.1 Å². The van der Waals surface area contributed by atoms with E-state index in [0.717, 1.165) is 55.3 Å². The van der Waals surface area contributed by atoms with Crippen LogP contribution >= 0.6 is 0 Å². The molecule has 3 aromatic rings. The lowest BCUT2D eigenvalue weighted by atomic mass is 9.88. The first kappa shape index (κ1) is 28.2. The Kier molecular flexibility index (Phi) is 6.81. The molecule has 2 aliphatic heterocycles. The van der Waals surface area contributed by atoms with Crippen LogP contribution in [0.5, 0.6) is 0 Å². The third-order valence-electron chi connectivity index (χ3n) is 8.08. The van der Waals surface area contributed by atoms with Gasteiger partial charge in [0.05, 0.1) is 6.20 Å². The van der Waals surface area contributed by atoms with Gasteiger partial charge >= 0.3 is 12.2 Å². The van der Waals surface area contributed by atoms with Crippen molar-refractivity contribution in [2.75, 3.05) is 10.6 Å². The zero-order chi connectivity index (χ0) is 30.0. The van der Waals surface area contributed by atoms with E-state index in [4.69, 9.17) is 20.2 Å². The summed E-state index contributed by atoms with van der Waals surface area (Å²) < 4.78 is 13.0. The predicted octanol–water partition coefficient (Wildman–Crippen LogP) is 5.92. The second-order valence-corrected chi connectivity index (χ2v) is 13.8. The number of hydrogen-bond acceptors (Lipinski definition) is 8. The molecule has 11 heteroatoms. The molecule has 2 bridgehead atoms. The van der Waals surface area contributed by atoms with Gasteiger partial charge in [0, 0.05) is 53.1 Å². The first-order valence-electron chi connectivity index (χ1n) is 14.9. The highest BCUT2D eigenvalue weighted by Crippen LogP contribution is 2.44. The number of carbonyl (C=O) groups is 2. The van der Waals surface area contributed by atoms with Crippen LogP contribution in [0, 0.1) is 0 Å². The minimum absolute atomic E-state index is 0.108. The standard InChI is InChI=1S/C31H41N7O4/c1-30(2,3)41-28(39)36-21-10-11-22(36)14-19(13-21)24-15-25(32)38-27(35-24)23(17-34-38)18-7-12-26(33-16-18)37(20-8-9-20)29(40)42-31(4,5)6/h7,12,15-17,19-22H,8-11,13-14,32H2,1-6H3. The average Bonchev–Trinajstić information content (AvgIpc) is 3.55. The monoisotopic (exact) mass is 575 g/mol. The zero-order valence-electron chi connectivity index (χ0n) is 25.3. The van der Waals surface area contributed by atoms with Gasteiger partial charge in [-0.15, -0.1) is 0 Å². The number of anilines is 2. The smallest absolute Gasteiger partial charge is 0.416 e. The normalized spacial score (nSPS) is 22.3. The molecule has 1 aliphatic carbocycles. The number of nitrogen functional groups attached to an aromatic ring is 1. The zero-order valence-corrected chi connectivity index (χ0v) is 25.3. The quantitative estimate of drug-likeness (QED) is 0.406. The van der Waals surface area contributed by atoms with Gasteiger partial charge in [-0.25, -0.2) is 19.6 Å². The molecule has 2 saturated heterocycles. The highest BCUT2D eigenvalue weighted by molar-refractivity contribution is 5.88. The minimum Gasteiger partial charge on any atom is -0.444 e. The maximum Gasteiger partial charge on any atom is 0.416 e. The second-order valence-electron chi connectivity index (χ2n) is 13.8. The van der Waals surface area contributed by atoms with Gasteiger partial charge in [-0.3, -0.25) is 4.90 Å². The van der Waals surface area contributed by atoms with Crippen molar-refractivity contribution in [1.82, 2.24) is 24.5 Å². The number of nitrogens with zero attached hydrogens (tertiary/aromatic N) is 6. The molecule has 2 amide bonds. The Balaban J connectivity index is 1.25. The van der Waals surface area contributed by atoms with E-state index in [1.165, 1.54) is 0 Å². The highest BCUT2D eigenvalue weighted by Gasteiger charge is 2.45. The summed E-state index contributed by atoms with van der Waals surface area (Å²) in [6, 6.07) is 6.05. The molecule has 5 heterocycles. The molecule has 6 rings (SSSR count). The van der Waals surface area contributed by atoms with Crippen molar-refractivity contribution in [2.45, 2.75) is 115 Å². The minimum atomic E-state index is -0.587. The molecule has 0 spiro atoms. The summed E-state index contributed by atoms with van der Waals surface area (Å²) in [5, 5.41) is 4.50. The molecule has 11 nitrogen and oxygen atoms in total. The fraction of sp³-hybridized carbons (Fsp3) is 0.581. The molecular weight excluding hydrogens is 534 g/mol. The summed E-state index contributed by atoms with van der Waals surface area (Å²) in [6.07, 6.45) is 8.33. The summed E-state index contributed by atoms with van der Waals surface area (Å²) in [7, 11) is 0. The molecule has 224 valence electrons. The van der Waals surface area contributed by atoms with Gasteiger partial charge in [-0.1, -0.05) is 0 Å². The molecule has 0 radical (unpaired) electrons. The fourth-order valence-corrected chi connectivity index (χ4v) is 6.21. The largest absolute Gasteiger partial charge is 0.444 e. The molecule has 2 unspecified atom stereocenters. The Morgan fingerprint density at radius 1 is 0.952 bits per heavy atom. The maximum atomic E-state index is 12.9. The van der Waals surface area contributed by atoms with Crippen LogP contribution in [0.15, 0.2) is 30.6 Å². The number of piperidine rings is 1. The summed E-state index contributed by atoms with van der Waals surface area (Å²) >= 11 is 0. The van der Waals surface area contributed by atoms with E-state index in [9.17, 15) is 9.59 Å². The van der Waals surface area contributed by atoms with Crippen molar-refractivity contribution in [2.24, 2.45) is 0 Å². The van der Waals surface area contributed by atoms with Crippen molar-refractivity contribution in [3.8, 4) is 11.1 Å². The van der Waals surface area contributed by atoms with Crippen LogP contribution in [0.3, 0.4) is 0 Å². The number of nitrogens with two attached hydrogens (primary N) is 1. The lowest BCUT2D eigenvalue weighted by molar-refractivity contribution is 0.00567. The molecule has 2 N–H and O–H groups in total. The number of fused-ring (bicyclic) bond motifs is 3. The van der Waals surface area contributed by atoms with Crippen LogP contribution in [0.4, 0.5) is 21.2 Å². The predicted molar refractivity (Wildman–Crippen MR) is 159 cm³/mol. The third kappa shape index (κ3) is 5.61. The number of ether oxygens (including phenoxy) is 2. The molecule has 3 aliphatic rings. The summed E-state index contributed by atoms with van der Waals surface area (Å²) in [5.74, 6) is 1.25. The van der Waals surface area contributed by atoms with Crippen LogP contribution < -0.4 is 10.6 Å². The van der Waals surface area contributed by atoms with Crippen LogP contribution in [0.2, 0.25) is 0 Å². The van der Waals surface area contributed by atoms with Crippen LogP contribution in [-0.4, -0.2) is 66.0 Å². The third-order valence-corrected chi connectivity index (χ3v) is 8.08. The van der Waals surface area contributed by atoms with E-state index in [0.29, 0.717) is 17.3 Å². The van der Waals surface area contributed by atoms with Gasteiger partial charge in [0.25, 0.3) is 0 Å². The molecular formula is C31H41N7O4. The van der Waals surface area contributed by atoms with Crippen LogP contribution in [0.1, 0.15) is 91.7 Å². The average molecular weight is 576 g/mol. The lowest BCUT2D eigenvalue weighted by Gasteiger charge is -2.39. The Morgan fingerprint density at radius 2 is 1.62 bits per heavy atom. The van der Waals surface area contributed by atoms with Gasteiger partial charge in [0.2, 0.25) is 0 Å². The number of pyridine rings is 1. The van der Waals surface area contributed by atoms with E-state index in [2.05, 4.69) is 10.1 Å². The molecule has 42 heavy (non-hydrogen) atoms. The van der Waals surface area contributed by atoms with Crippen LogP contribution in [-0.2, 0) is 9.47 Å². The Labute approximate surface area is 246 Å². The van der Waals surface area contributed by atoms with Crippen molar-refractivity contribution in [3.05, 3.63) is 36.3 Å². The molecule has 0 aromatic carbocycles. The van der Waals surface area contributed by atoms with Crippen molar-refractivity contribution in [3.63, 3.8) is 0 Å². The Hall–Kier alpha value is -3.89. The Morgan fingerprint density at radius 3 is 2.19 bits per heavy atom. The second kappa shape index (κ2) is 10.1. The number of amides is 2. The summed E-state index contributed by atoms with van der Waals surface area (Å²) in [4.78, 5) is 39.2. The van der Waals surface area contributed by atoms with E-state index in [-0.39, 0.29) is 36.2 Å². The fourth-order valence-electron chi connectivity index (χ4n) is 6.21. The Bertz CT molecular complexity index is 1490. The number of rotatable bonds is 4. The first-order valence-corrected chi connectivity index (χ1v) is 14.9. The molecule has 3 fully saturated rings. The van der Waals surface area contributed by atoms with E-state index >= 15 is 0 Å². The summed E-state index contributed by atoms with van der Waals surface area (Å²) in [6.45, 7) is 11.3. The lowest BCUT2D eigenvalue weighted by Crippen LogP contribution is -2.48. The molecule has 3 aromatic heterocycles. The first-order chi connectivity index (χ1) is 19.8. The van der Waals surface area contributed by atoms with E-state index < -0.39 is 11.2 Å². The molecule has 2 atom stereocenters. The van der Waals surface area contributed by atoms with Gasteiger partial charge in [0.1, 0.15) is 22.8 Å². The number of hydrogen-bond donors (Lipinski definition) is 1. The summed E-state index contributed by atoms with van der Waals surface area (Å²) in [5.41, 5.74) is 8.58. The number of carbonyl (C=O) groups excluding carboxylic acids is 2. The van der Waals surface area contributed by atoms with Crippen molar-refractivity contribution < 1.29 is 19.1 Å². The topological polar surface area (TPSA) is 128 Å². The SMILES string of the molecule is CC(C)(C)OC(=O)N(c1ccc(-c2cnn3c(N)cc(C4CC5CCC(C4)N5C(=O)OC(C)(C)C)nc23)cn1)C1CC1. The van der Waals surface area contributed by atoms with Crippen LogP contribution in [0.25, 0.3) is 16.8 Å².